The van der Waals surface area contributed by atoms with E-state index >= 15 is 0 Å². The molecule has 0 amide bonds. The molecule has 0 saturated heterocycles. The smallest absolute Gasteiger partial charge is 0.183 e. The molecule has 0 fully saturated rings. The van der Waals surface area contributed by atoms with Crippen molar-refractivity contribution in [3.8, 4) is 5.75 Å². The molecule has 0 spiro atoms. The van der Waals surface area contributed by atoms with Crippen LogP contribution in [0.5, 0.6) is 5.75 Å². The molecule has 1 atom stereocenters. The summed E-state index contributed by atoms with van der Waals surface area (Å²) < 4.78 is 33.8. The van der Waals surface area contributed by atoms with E-state index in [1.165, 1.54) is 31.4 Å². The Morgan fingerprint density at radius 1 is 1.29 bits per heavy atom. The van der Waals surface area contributed by atoms with Crippen LogP contribution in [0.25, 0.3) is 0 Å². The number of hydrogen-bond donors (Lipinski definition) is 1. The molecule has 5 nitrogen and oxygen atoms in total. The zero-order valence-electron chi connectivity index (χ0n) is 9.79. The normalized spacial score (nSPS) is 13.5. The van der Waals surface area contributed by atoms with Crippen molar-refractivity contribution in [3.05, 3.63) is 24.3 Å². The lowest BCUT2D eigenvalue weighted by molar-refractivity contribution is -0.0292. The minimum atomic E-state index is -3.43. The van der Waals surface area contributed by atoms with Crippen LogP contribution < -0.4 is 0 Å². The summed E-state index contributed by atoms with van der Waals surface area (Å²) >= 11 is 0. The van der Waals surface area contributed by atoms with Gasteiger partial charge in [-0.15, -0.1) is 0 Å². The summed E-state index contributed by atoms with van der Waals surface area (Å²) in [6.07, 6.45) is 0. The van der Waals surface area contributed by atoms with E-state index in [4.69, 9.17) is 9.84 Å². The van der Waals surface area contributed by atoms with E-state index in [0.29, 0.717) is 0 Å². The van der Waals surface area contributed by atoms with Crippen LogP contribution in [0, 0.1) is 0 Å². The highest BCUT2D eigenvalue weighted by Crippen LogP contribution is 2.19. The van der Waals surface area contributed by atoms with Gasteiger partial charge in [0.1, 0.15) is 12.5 Å². The van der Waals surface area contributed by atoms with Gasteiger partial charge in [-0.3, -0.25) is 0 Å². The summed E-state index contributed by atoms with van der Waals surface area (Å²) in [7, 11) is -1.96. The van der Waals surface area contributed by atoms with Gasteiger partial charge in [-0.2, -0.15) is 0 Å². The van der Waals surface area contributed by atoms with E-state index in [1.807, 2.05) is 0 Å². The molecule has 0 aliphatic carbocycles. The monoisotopic (exact) mass is 260 g/mol. The second-order valence-corrected chi connectivity index (χ2v) is 5.99. The summed E-state index contributed by atoms with van der Waals surface area (Å²) in [4.78, 5) is 0.170. The molecule has 1 unspecified atom stereocenters. The third kappa shape index (κ3) is 3.69. The highest BCUT2D eigenvalue weighted by Gasteiger charge is 2.23. The van der Waals surface area contributed by atoms with Crippen LogP contribution in [0.2, 0.25) is 0 Å². The van der Waals surface area contributed by atoms with Gasteiger partial charge in [0.25, 0.3) is 0 Å². The van der Waals surface area contributed by atoms with Gasteiger partial charge < -0.3 is 14.6 Å². The molecule has 1 aromatic rings. The summed E-state index contributed by atoms with van der Waals surface area (Å²) in [5.74, 6) is 0.0345. The maximum atomic E-state index is 12.0. The SMILES string of the molecule is COCOCC(C)S(=O)(=O)c1ccc(O)cc1. The Morgan fingerprint density at radius 3 is 2.41 bits per heavy atom. The Kier molecular flexibility index (Phi) is 4.92. The van der Waals surface area contributed by atoms with Crippen molar-refractivity contribution in [1.29, 1.82) is 0 Å². The Hall–Kier alpha value is -1.11. The number of ether oxygens (including phenoxy) is 2. The van der Waals surface area contributed by atoms with E-state index in [-0.39, 0.29) is 24.0 Å². The van der Waals surface area contributed by atoms with Crippen molar-refractivity contribution in [2.45, 2.75) is 17.1 Å². The Labute approximate surface area is 101 Å². The second-order valence-electron chi connectivity index (χ2n) is 3.63. The minimum Gasteiger partial charge on any atom is -0.508 e. The first-order valence-corrected chi connectivity index (χ1v) is 6.62. The maximum Gasteiger partial charge on any atom is 0.183 e. The van der Waals surface area contributed by atoms with Gasteiger partial charge in [-0.25, -0.2) is 8.42 Å². The summed E-state index contributed by atoms with van der Waals surface area (Å²) in [6.45, 7) is 1.70. The van der Waals surface area contributed by atoms with Crippen LogP contribution in [0.3, 0.4) is 0 Å². The molecule has 0 heterocycles. The molecule has 96 valence electrons. The number of aromatic hydroxyl groups is 1. The predicted molar refractivity (Wildman–Crippen MR) is 62.6 cm³/mol. The first kappa shape index (κ1) is 14.0. The van der Waals surface area contributed by atoms with E-state index in [0.717, 1.165) is 0 Å². The molecule has 1 rings (SSSR count). The molecule has 0 aromatic heterocycles. The first-order chi connectivity index (χ1) is 7.98. The number of benzene rings is 1. The van der Waals surface area contributed by atoms with Gasteiger partial charge >= 0.3 is 0 Å². The van der Waals surface area contributed by atoms with Crippen LogP contribution in [-0.4, -0.2) is 39.3 Å². The van der Waals surface area contributed by atoms with Crippen molar-refractivity contribution in [3.63, 3.8) is 0 Å². The fourth-order valence-electron chi connectivity index (χ4n) is 1.26. The van der Waals surface area contributed by atoms with E-state index in [1.54, 1.807) is 6.92 Å². The molecular weight excluding hydrogens is 244 g/mol. The van der Waals surface area contributed by atoms with Gasteiger partial charge in [0.15, 0.2) is 9.84 Å². The first-order valence-electron chi connectivity index (χ1n) is 5.08. The van der Waals surface area contributed by atoms with Crippen LogP contribution in [-0.2, 0) is 19.3 Å². The third-order valence-electron chi connectivity index (χ3n) is 2.25. The molecule has 0 bridgehead atoms. The van der Waals surface area contributed by atoms with Crippen LogP contribution in [0.4, 0.5) is 0 Å². The largest absolute Gasteiger partial charge is 0.508 e. The van der Waals surface area contributed by atoms with E-state index in [9.17, 15) is 8.42 Å². The molecule has 6 heteroatoms. The van der Waals surface area contributed by atoms with E-state index in [2.05, 4.69) is 4.74 Å². The average Bonchev–Trinajstić information content (AvgIpc) is 2.29. The molecular formula is C11H16O5S. The zero-order chi connectivity index (χ0) is 12.9. The van der Waals surface area contributed by atoms with Crippen molar-refractivity contribution >= 4 is 9.84 Å². The number of hydrogen-bond acceptors (Lipinski definition) is 5. The Balaban J connectivity index is 2.76. The van der Waals surface area contributed by atoms with Crippen LogP contribution >= 0.6 is 0 Å². The van der Waals surface area contributed by atoms with E-state index < -0.39 is 15.1 Å². The maximum absolute atomic E-state index is 12.0. The molecule has 0 aliphatic rings. The molecule has 0 saturated carbocycles. The predicted octanol–water partition coefficient (Wildman–Crippen LogP) is 1.17. The summed E-state index contributed by atoms with van der Waals surface area (Å²) in [6, 6.07) is 5.43. The third-order valence-corrected chi connectivity index (χ3v) is 4.37. The lowest BCUT2D eigenvalue weighted by Gasteiger charge is -2.13. The van der Waals surface area contributed by atoms with Gasteiger partial charge in [-0.1, -0.05) is 0 Å². The van der Waals surface area contributed by atoms with Gasteiger partial charge in [0, 0.05) is 7.11 Å². The highest BCUT2D eigenvalue weighted by molar-refractivity contribution is 7.92. The van der Waals surface area contributed by atoms with Crippen LogP contribution in [0.1, 0.15) is 6.92 Å². The van der Waals surface area contributed by atoms with Crippen molar-refractivity contribution in [1.82, 2.24) is 0 Å². The minimum absolute atomic E-state index is 0.0345. The quantitative estimate of drug-likeness (QED) is 0.614. The molecule has 0 aliphatic heterocycles. The number of phenols is 1. The Morgan fingerprint density at radius 2 is 1.88 bits per heavy atom. The number of methoxy groups -OCH3 is 1. The lowest BCUT2D eigenvalue weighted by Crippen LogP contribution is -2.24. The Bertz CT molecular complexity index is 437. The summed E-state index contributed by atoms with van der Waals surface area (Å²) in [5, 5.41) is 8.43. The van der Waals surface area contributed by atoms with Gasteiger partial charge in [0.05, 0.1) is 16.8 Å². The fourth-order valence-corrected chi connectivity index (χ4v) is 2.51. The highest BCUT2D eigenvalue weighted by atomic mass is 32.2. The zero-order valence-corrected chi connectivity index (χ0v) is 10.6. The number of rotatable bonds is 6. The number of phenolic OH excluding ortho intramolecular Hbond substituents is 1. The molecule has 1 aromatic carbocycles. The average molecular weight is 260 g/mol. The molecule has 0 radical (unpaired) electrons. The van der Waals surface area contributed by atoms with Crippen molar-refractivity contribution in [2.75, 3.05) is 20.5 Å². The van der Waals surface area contributed by atoms with Gasteiger partial charge in [-0.05, 0) is 31.2 Å². The molecule has 17 heavy (non-hydrogen) atoms. The fraction of sp³-hybridized carbons (Fsp3) is 0.455. The lowest BCUT2D eigenvalue weighted by atomic mass is 10.3. The molecule has 1 N–H and O–H groups in total. The van der Waals surface area contributed by atoms with Gasteiger partial charge in [0.2, 0.25) is 0 Å². The summed E-state index contributed by atoms with van der Waals surface area (Å²) in [5.41, 5.74) is 0. The standard InChI is InChI=1S/C11H16O5S/c1-9(7-16-8-15-2)17(13,14)11-5-3-10(12)4-6-11/h3-6,9,12H,7-8H2,1-2H3. The van der Waals surface area contributed by atoms with Crippen molar-refractivity contribution < 1.29 is 23.0 Å². The van der Waals surface area contributed by atoms with Crippen molar-refractivity contribution in [2.24, 2.45) is 0 Å². The topological polar surface area (TPSA) is 72.8 Å². The van der Waals surface area contributed by atoms with Crippen LogP contribution in [0.15, 0.2) is 29.2 Å². The number of sulfone groups is 1. The second kappa shape index (κ2) is 6.00.